The Balaban J connectivity index is 1.72. The Morgan fingerprint density at radius 3 is 2.93 bits per heavy atom. The first-order chi connectivity index (χ1) is 13.6. The quantitative estimate of drug-likeness (QED) is 0.704. The molecule has 4 nitrogen and oxygen atoms in total. The van der Waals surface area contributed by atoms with Crippen LogP contribution in [0.1, 0.15) is 40.2 Å². The lowest BCUT2D eigenvalue weighted by molar-refractivity contribution is 0.0647. The molecule has 1 fully saturated rings. The van der Waals surface area contributed by atoms with E-state index in [1.165, 1.54) is 17.4 Å². The topological polar surface area (TPSA) is 45.2 Å². The second-order valence-corrected chi connectivity index (χ2v) is 8.31. The van der Waals surface area contributed by atoms with Crippen LogP contribution in [0.2, 0.25) is 0 Å². The lowest BCUT2D eigenvalue weighted by Crippen LogP contribution is -2.40. The highest BCUT2D eigenvalue weighted by molar-refractivity contribution is 7.21. The minimum absolute atomic E-state index is 0.0179. The molecule has 4 rings (SSSR count). The van der Waals surface area contributed by atoms with Crippen molar-refractivity contribution in [3.05, 3.63) is 64.5 Å². The lowest BCUT2D eigenvalue weighted by atomic mass is 10.1. The average Bonchev–Trinajstić information content (AvgIpc) is 2.88. The summed E-state index contributed by atoms with van der Waals surface area (Å²) < 4.78 is 15.2. The Morgan fingerprint density at radius 1 is 1.25 bits per heavy atom. The van der Waals surface area contributed by atoms with E-state index in [9.17, 15) is 9.18 Å². The molecule has 28 heavy (non-hydrogen) atoms. The summed E-state index contributed by atoms with van der Waals surface area (Å²) in [7, 11) is 0. The number of thiophene rings is 1. The zero-order valence-corrected chi connectivity index (χ0v) is 16.8. The molecule has 1 aromatic carbocycles. The van der Waals surface area contributed by atoms with Crippen molar-refractivity contribution in [2.24, 2.45) is 0 Å². The molecule has 1 N–H and O–H groups in total. The van der Waals surface area contributed by atoms with Crippen molar-refractivity contribution in [2.45, 2.75) is 38.8 Å². The van der Waals surface area contributed by atoms with E-state index in [4.69, 9.17) is 0 Å². The molecule has 6 heteroatoms. The largest absolute Gasteiger partial charge is 0.329 e. The van der Waals surface area contributed by atoms with E-state index in [-0.39, 0.29) is 17.8 Å². The smallest absolute Gasteiger partial charge is 0.264 e. The Morgan fingerprint density at radius 2 is 2.14 bits per heavy atom. The van der Waals surface area contributed by atoms with Gasteiger partial charge in [-0.25, -0.2) is 4.39 Å². The van der Waals surface area contributed by atoms with Gasteiger partial charge in [0.25, 0.3) is 5.91 Å². The van der Waals surface area contributed by atoms with Crippen LogP contribution >= 0.6 is 11.3 Å². The van der Waals surface area contributed by atoms with Crippen molar-refractivity contribution in [2.75, 3.05) is 13.1 Å². The highest BCUT2D eigenvalue weighted by Crippen LogP contribution is 2.34. The SMILES string of the molecule is Cc1c(C(=O)N(Cc2ccccn2)C2CCCNCC2)sc2cccc(F)c12. The van der Waals surface area contributed by atoms with Crippen molar-refractivity contribution in [3.63, 3.8) is 0 Å². The number of nitrogens with zero attached hydrogens (tertiary/aromatic N) is 2. The highest BCUT2D eigenvalue weighted by atomic mass is 32.1. The number of halogens is 1. The molecule has 1 aliphatic rings. The number of hydrogen-bond donors (Lipinski definition) is 1. The number of hydrogen-bond acceptors (Lipinski definition) is 4. The van der Waals surface area contributed by atoms with Crippen LogP contribution in [0.25, 0.3) is 10.1 Å². The third-order valence-electron chi connectivity index (χ3n) is 5.40. The second-order valence-electron chi connectivity index (χ2n) is 7.26. The van der Waals surface area contributed by atoms with Crippen LogP contribution in [0.3, 0.4) is 0 Å². The van der Waals surface area contributed by atoms with E-state index in [0.717, 1.165) is 48.3 Å². The van der Waals surface area contributed by atoms with Gasteiger partial charge in [0.05, 0.1) is 17.1 Å². The Kier molecular flexibility index (Phi) is 5.69. The van der Waals surface area contributed by atoms with Gasteiger partial charge in [0.1, 0.15) is 5.82 Å². The summed E-state index contributed by atoms with van der Waals surface area (Å²) in [5.41, 5.74) is 1.61. The summed E-state index contributed by atoms with van der Waals surface area (Å²) in [6.07, 6.45) is 4.67. The van der Waals surface area contributed by atoms with E-state index in [1.54, 1.807) is 12.3 Å². The highest BCUT2D eigenvalue weighted by Gasteiger charge is 2.29. The van der Waals surface area contributed by atoms with Crippen molar-refractivity contribution >= 4 is 27.3 Å². The first kappa shape index (κ1) is 19.0. The van der Waals surface area contributed by atoms with Gasteiger partial charge in [0.15, 0.2) is 0 Å². The standard InChI is InChI=1S/C22H24FN3OS/c1-15-20-18(23)8-4-9-19(20)28-21(15)22(27)26(14-16-6-2-3-12-25-16)17-7-5-11-24-13-10-17/h2-4,6,8-9,12,17,24H,5,7,10-11,13-14H2,1H3. The van der Waals surface area contributed by atoms with Crippen LogP contribution in [-0.4, -0.2) is 34.9 Å². The van der Waals surface area contributed by atoms with Crippen LogP contribution in [-0.2, 0) is 6.54 Å². The molecular formula is C22H24FN3OS. The number of pyridine rings is 1. The Labute approximate surface area is 168 Å². The number of benzene rings is 1. The van der Waals surface area contributed by atoms with Crippen LogP contribution in [0.15, 0.2) is 42.6 Å². The third kappa shape index (κ3) is 3.80. The third-order valence-corrected chi connectivity index (χ3v) is 6.65. The fraction of sp³-hybridized carbons (Fsp3) is 0.364. The molecule has 1 aliphatic heterocycles. The first-order valence-corrected chi connectivity index (χ1v) is 10.6. The lowest BCUT2D eigenvalue weighted by Gasteiger charge is -2.31. The molecule has 0 spiro atoms. The summed E-state index contributed by atoms with van der Waals surface area (Å²) in [5, 5.41) is 3.98. The Hall–Kier alpha value is -2.31. The molecular weight excluding hydrogens is 373 g/mol. The van der Waals surface area contributed by atoms with Gasteiger partial charge in [0, 0.05) is 22.3 Å². The maximum absolute atomic E-state index is 14.3. The fourth-order valence-corrected chi connectivity index (χ4v) is 5.11. The molecule has 1 saturated heterocycles. The normalized spacial score (nSPS) is 17.4. The zero-order chi connectivity index (χ0) is 19.5. The average molecular weight is 398 g/mol. The number of carbonyl (C=O) groups excluding carboxylic acids is 1. The molecule has 1 unspecified atom stereocenters. The van der Waals surface area contributed by atoms with Crippen LogP contribution in [0, 0.1) is 12.7 Å². The van der Waals surface area contributed by atoms with Crippen molar-refractivity contribution < 1.29 is 9.18 Å². The van der Waals surface area contributed by atoms with Crippen molar-refractivity contribution in [3.8, 4) is 0 Å². The number of carbonyl (C=O) groups is 1. The summed E-state index contributed by atoms with van der Waals surface area (Å²) in [4.78, 5) is 20.6. The van der Waals surface area contributed by atoms with Gasteiger partial charge in [-0.1, -0.05) is 12.1 Å². The number of aryl methyl sites for hydroxylation is 1. The number of nitrogens with one attached hydrogen (secondary N) is 1. The van der Waals surface area contributed by atoms with Gasteiger partial charge in [0.2, 0.25) is 0 Å². The first-order valence-electron chi connectivity index (χ1n) is 9.74. The molecule has 0 radical (unpaired) electrons. The van der Waals surface area contributed by atoms with Gasteiger partial charge >= 0.3 is 0 Å². The maximum atomic E-state index is 14.3. The van der Waals surface area contributed by atoms with Crippen LogP contribution in [0.4, 0.5) is 4.39 Å². The predicted molar refractivity (Wildman–Crippen MR) is 111 cm³/mol. The molecule has 0 saturated carbocycles. The predicted octanol–water partition coefficient (Wildman–Crippen LogP) is 4.53. The molecule has 1 amide bonds. The molecule has 146 valence electrons. The van der Waals surface area contributed by atoms with E-state index in [1.807, 2.05) is 36.1 Å². The van der Waals surface area contributed by atoms with E-state index < -0.39 is 0 Å². The molecule has 1 atom stereocenters. The minimum atomic E-state index is -0.264. The fourth-order valence-electron chi connectivity index (χ4n) is 3.93. The van der Waals surface area contributed by atoms with Gasteiger partial charge in [-0.2, -0.15) is 0 Å². The van der Waals surface area contributed by atoms with Gasteiger partial charge in [-0.15, -0.1) is 11.3 Å². The summed E-state index contributed by atoms with van der Waals surface area (Å²) in [5.74, 6) is -0.282. The van der Waals surface area contributed by atoms with Crippen LogP contribution < -0.4 is 5.32 Å². The van der Waals surface area contributed by atoms with Crippen LogP contribution in [0.5, 0.6) is 0 Å². The van der Waals surface area contributed by atoms with Crippen molar-refractivity contribution in [1.29, 1.82) is 0 Å². The van der Waals surface area contributed by atoms with Gasteiger partial charge in [-0.05, 0) is 69.1 Å². The summed E-state index contributed by atoms with van der Waals surface area (Å²) in [6, 6.07) is 11.0. The van der Waals surface area contributed by atoms with E-state index in [0.29, 0.717) is 16.8 Å². The molecule has 3 heterocycles. The summed E-state index contributed by atoms with van der Waals surface area (Å²) in [6.45, 7) is 4.20. The number of amides is 1. The molecule has 3 aromatic rings. The van der Waals surface area contributed by atoms with Gasteiger partial charge < -0.3 is 10.2 Å². The molecule has 0 aliphatic carbocycles. The van der Waals surface area contributed by atoms with Gasteiger partial charge in [-0.3, -0.25) is 9.78 Å². The second kappa shape index (κ2) is 8.37. The Bertz CT molecular complexity index is 965. The molecule has 0 bridgehead atoms. The monoisotopic (exact) mass is 397 g/mol. The number of aromatic nitrogens is 1. The maximum Gasteiger partial charge on any atom is 0.264 e. The summed E-state index contributed by atoms with van der Waals surface area (Å²) >= 11 is 1.39. The zero-order valence-electron chi connectivity index (χ0n) is 16.0. The minimum Gasteiger partial charge on any atom is -0.329 e. The molecule has 2 aromatic heterocycles. The van der Waals surface area contributed by atoms with E-state index >= 15 is 0 Å². The number of fused-ring (bicyclic) bond motifs is 1. The van der Waals surface area contributed by atoms with Crippen molar-refractivity contribution in [1.82, 2.24) is 15.2 Å². The van der Waals surface area contributed by atoms with E-state index in [2.05, 4.69) is 10.3 Å². The number of rotatable bonds is 4.